The van der Waals surface area contributed by atoms with E-state index in [1.165, 1.54) is 0 Å². The van der Waals surface area contributed by atoms with Crippen LogP contribution in [0.3, 0.4) is 0 Å². The molecular formula is C11H13F3NO7P. The SMILES string of the molecule is O=C([O-])C(F)(F)F.[NH3+]C(Cc1ccccc1)C(=O)OP(=O)(O)O. The number of aliphatic carboxylic acids is 1. The van der Waals surface area contributed by atoms with Gasteiger partial charge in [0.1, 0.15) is 5.97 Å². The summed E-state index contributed by atoms with van der Waals surface area (Å²) in [6, 6.07) is 8.18. The molecule has 1 aromatic carbocycles. The van der Waals surface area contributed by atoms with Crippen LogP contribution in [0.4, 0.5) is 13.2 Å². The van der Waals surface area contributed by atoms with Crippen molar-refractivity contribution in [2.75, 3.05) is 0 Å². The number of carboxylic acid groups (broad SMARTS) is 1. The number of phosphoric acid groups is 1. The number of carbonyl (C=O) groups excluding carboxylic acids is 2. The first-order valence-corrected chi connectivity index (χ1v) is 7.30. The summed E-state index contributed by atoms with van der Waals surface area (Å²) in [6.07, 6.45) is -4.92. The molecule has 0 radical (unpaired) electrons. The molecule has 0 aliphatic carbocycles. The minimum atomic E-state index is -5.19. The zero-order chi connectivity index (χ0) is 18.3. The predicted molar refractivity (Wildman–Crippen MR) is 66.0 cm³/mol. The first kappa shape index (κ1) is 21.1. The first-order valence-electron chi connectivity index (χ1n) is 5.77. The van der Waals surface area contributed by atoms with E-state index in [0.29, 0.717) is 0 Å². The van der Waals surface area contributed by atoms with Crippen LogP contribution in [-0.2, 0) is 25.1 Å². The van der Waals surface area contributed by atoms with Crippen LogP contribution < -0.4 is 10.8 Å². The minimum absolute atomic E-state index is 0.277. The molecular weight excluding hydrogens is 346 g/mol. The number of quaternary nitrogens is 1. The second kappa shape index (κ2) is 8.63. The predicted octanol–water partition coefficient (Wildman–Crippen LogP) is -1.23. The van der Waals surface area contributed by atoms with Crippen LogP contribution >= 0.6 is 7.82 Å². The highest BCUT2D eigenvalue weighted by Gasteiger charge is 2.29. The molecule has 0 heterocycles. The van der Waals surface area contributed by atoms with E-state index in [1.54, 1.807) is 24.3 Å². The van der Waals surface area contributed by atoms with Gasteiger partial charge in [-0.2, -0.15) is 13.2 Å². The Bertz CT molecular complexity index is 573. The van der Waals surface area contributed by atoms with E-state index in [2.05, 4.69) is 10.3 Å². The molecule has 8 nitrogen and oxygen atoms in total. The maximum absolute atomic E-state index is 11.2. The van der Waals surface area contributed by atoms with Gasteiger partial charge in [-0.05, 0) is 5.56 Å². The Balaban J connectivity index is 0.000000585. The van der Waals surface area contributed by atoms with Crippen molar-refractivity contribution < 1.29 is 52.5 Å². The Morgan fingerprint density at radius 3 is 2.04 bits per heavy atom. The molecule has 5 N–H and O–H groups in total. The van der Waals surface area contributed by atoms with Crippen LogP contribution in [0.2, 0.25) is 0 Å². The fraction of sp³-hybridized carbons (Fsp3) is 0.273. The lowest BCUT2D eigenvalue weighted by Crippen LogP contribution is -2.66. The maximum atomic E-state index is 11.2. The molecule has 0 saturated carbocycles. The third-order valence-electron chi connectivity index (χ3n) is 2.10. The number of hydrogen-bond donors (Lipinski definition) is 3. The molecule has 0 saturated heterocycles. The first-order chi connectivity index (χ1) is 10.3. The fourth-order valence-corrected chi connectivity index (χ4v) is 1.56. The van der Waals surface area contributed by atoms with Gasteiger partial charge in [-0.1, -0.05) is 30.3 Å². The molecule has 0 aliphatic rings. The highest BCUT2D eigenvalue weighted by atomic mass is 31.2. The van der Waals surface area contributed by atoms with Gasteiger partial charge in [0, 0.05) is 6.42 Å². The number of carbonyl (C=O) groups is 2. The molecule has 1 rings (SSSR count). The molecule has 1 atom stereocenters. The van der Waals surface area contributed by atoms with Crippen molar-refractivity contribution >= 4 is 19.8 Å². The molecule has 1 aromatic rings. The number of carboxylic acids is 1. The van der Waals surface area contributed by atoms with Crippen LogP contribution in [-0.4, -0.2) is 33.9 Å². The van der Waals surface area contributed by atoms with Crippen molar-refractivity contribution in [1.29, 1.82) is 0 Å². The lowest BCUT2D eigenvalue weighted by atomic mass is 10.1. The highest BCUT2D eigenvalue weighted by Crippen LogP contribution is 2.36. The molecule has 12 heteroatoms. The van der Waals surface area contributed by atoms with Gasteiger partial charge in [0.25, 0.3) is 0 Å². The van der Waals surface area contributed by atoms with E-state index in [4.69, 9.17) is 19.7 Å². The average Bonchev–Trinajstić information content (AvgIpc) is 2.37. The summed E-state index contributed by atoms with van der Waals surface area (Å²) in [6.45, 7) is 0. The van der Waals surface area contributed by atoms with Gasteiger partial charge in [0.15, 0.2) is 6.04 Å². The summed E-state index contributed by atoms with van der Waals surface area (Å²) in [4.78, 5) is 36.9. The quantitative estimate of drug-likeness (QED) is 0.570. The molecule has 0 amide bonds. The Hall–Kier alpha value is -1.94. The van der Waals surface area contributed by atoms with Gasteiger partial charge >= 0.3 is 20.0 Å². The summed E-state index contributed by atoms with van der Waals surface area (Å²) in [5.41, 5.74) is 4.35. The molecule has 0 bridgehead atoms. The number of halogens is 3. The molecule has 1 unspecified atom stereocenters. The van der Waals surface area contributed by atoms with Gasteiger partial charge in [-0.25, -0.2) is 9.36 Å². The number of phosphoric ester groups is 1. The third-order valence-corrected chi connectivity index (χ3v) is 2.52. The van der Waals surface area contributed by atoms with E-state index >= 15 is 0 Å². The number of hydrogen-bond acceptors (Lipinski definition) is 5. The lowest BCUT2D eigenvalue weighted by Gasteiger charge is -2.09. The van der Waals surface area contributed by atoms with E-state index in [-0.39, 0.29) is 6.42 Å². The van der Waals surface area contributed by atoms with Crippen molar-refractivity contribution in [1.82, 2.24) is 0 Å². The third kappa shape index (κ3) is 10.4. The number of alkyl halides is 3. The van der Waals surface area contributed by atoms with Crippen molar-refractivity contribution in [2.45, 2.75) is 18.6 Å². The maximum Gasteiger partial charge on any atom is 0.527 e. The van der Waals surface area contributed by atoms with Gasteiger partial charge in [0.05, 0.1) is 0 Å². The molecule has 0 fully saturated rings. The zero-order valence-corrected chi connectivity index (χ0v) is 12.3. The Morgan fingerprint density at radius 1 is 1.26 bits per heavy atom. The second-order valence-electron chi connectivity index (χ2n) is 4.07. The summed E-state index contributed by atoms with van der Waals surface area (Å²) in [5.74, 6) is -4.01. The minimum Gasteiger partial charge on any atom is -0.542 e. The topological polar surface area (TPSA) is 152 Å². The fourth-order valence-electron chi connectivity index (χ4n) is 1.17. The van der Waals surface area contributed by atoms with Crippen LogP contribution in [0.25, 0.3) is 0 Å². The van der Waals surface area contributed by atoms with Crippen molar-refractivity contribution in [2.24, 2.45) is 0 Å². The molecule has 23 heavy (non-hydrogen) atoms. The van der Waals surface area contributed by atoms with Crippen LogP contribution in [0.1, 0.15) is 5.56 Å². The van der Waals surface area contributed by atoms with Crippen molar-refractivity contribution in [3.8, 4) is 0 Å². The number of rotatable bonds is 4. The van der Waals surface area contributed by atoms with Gasteiger partial charge in [-0.15, -0.1) is 0 Å². The van der Waals surface area contributed by atoms with Crippen LogP contribution in [0.15, 0.2) is 30.3 Å². The molecule has 0 spiro atoms. The molecule has 0 aliphatic heterocycles. The summed E-state index contributed by atoms with van der Waals surface area (Å²) in [7, 11) is -4.77. The van der Waals surface area contributed by atoms with E-state index in [9.17, 15) is 22.5 Å². The molecule has 0 aromatic heterocycles. The summed E-state index contributed by atoms with van der Waals surface area (Å²) < 4.78 is 45.9. The van der Waals surface area contributed by atoms with Crippen molar-refractivity contribution in [3.63, 3.8) is 0 Å². The van der Waals surface area contributed by atoms with Gasteiger partial charge in [0.2, 0.25) is 0 Å². The Labute approximate surface area is 127 Å². The van der Waals surface area contributed by atoms with Gasteiger partial charge < -0.3 is 20.2 Å². The lowest BCUT2D eigenvalue weighted by molar-refractivity contribution is -0.406. The standard InChI is InChI=1S/C9H12NO5P.C2HF3O2/c10-8(9(11)15-16(12,13)14)6-7-4-2-1-3-5-7;3-2(4,5)1(6)7/h1-5,8H,6,10H2,(H2,12,13,14);(H,6,7). The van der Waals surface area contributed by atoms with E-state index in [1.807, 2.05) is 6.07 Å². The summed E-state index contributed by atoms with van der Waals surface area (Å²) >= 11 is 0. The smallest absolute Gasteiger partial charge is 0.527 e. The largest absolute Gasteiger partial charge is 0.542 e. The zero-order valence-electron chi connectivity index (χ0n) is 11.4. The van der Waals surface area contributed by atoms with Crippen LogP contribution in [0, 0.1) is 0 Å². The molecule has 130 valence electrons. The normalized spacial score (nSPS) is 12.6. The van der Waals surface area contributed by atoms with Crippen LogP contribution in [0.5, 0.6) is 0 Å². The van der Waals surface area contributed by atoms with Crippen molar-refractivity contribution in [3.05, 3.63) is 35.9 Å². The van der Waals surface area contributed by atoms with Gasteiger partial charge in [-0.3, -0.25) is 9.79 Å². The Morgan fingerprint density at radius 2 is 1.70 bits per heavy atom. The Kier molecular flexibility index (Phi) is 7.90. The van der Waals surface area contributed by atoms with E-state index in [0.717, 1.165) is 5.56 Å². The second-order valence-corrected chi connectivity index (χ2v) is 5.24. The van der Waals surface area contributed by atoms with E-state index < -0.39 is 32.0 Å². The number of benzene rings is 1. The average molecular weight is 359 g/mol. The summed E-state index contributed by atoms with van der Waals surface area (Å²) in [5, 5.41) is 8.78. The highest BCUT2D eigenvalue weighted by molar-refractivity contribution is 7.46. The monoisotopic (exact) mass is 359 g/mol.